The van der Waals surface area contributed by atoms with Crippen molar-refractivity contribution in [2.45, 2.75) is 45.3 Å². The van der Waals surface area contributed by atoms with Crippen molar-refractivity contribution in [1.29, 1.82) is 0 Å². The zero-order chi connectivity index (χ0) is 20.3. The van der Waals surface area contributed by atoms with E-state index < -0.39 is 11.4 Å². The second kappa shape index (κ2) is 8.04. The molecule has 28 heavy (non-hydrogen) atoms. The minimum absolute atomic E-state index is 0.120. The van der Waals surface area contributed by atoms with Gasteiger partial charge in [0.05, 0.1) is 5.56 Å². The summed E-state index contributed by atoms with van der Waals surface area (Å²) in [4.78, 5) is 24.7. The van der Waals surface area contributed by atoms with E-state index in [1.165, 1.54) is 12.1 Å². The molecule has 0 spiro atoms. The number of rotatable bonds is 4. The van der Waals surface area contributed by atoms with E-state index in [1.54, 1.807) is 23.1 Å². The summed E-state index contributed by atoms with van der Waals surface area (Å²) in [6, 6.07) is 7.57. The first kappa shape index (κ1) is 19.9. The normalized spacial score (nSPS) is 15.4. The van der Waals surface area contributed by atoms with E-state index in [0.717, 1.165) is 0 Å². The molecule has 1 aromatic carbocycles. The molecule has 2 heterocycles. The highest BCUT2D eigenvalue weighted by Gasteiger charge is 2.28. The van der Waals surface area contributed by atoms with Gasteiger partial charge in [-0.3, -0.25) is 4.79 Å². The molecule has 0 N–H and O–H groups in total. The third-order valence-electron chi connectivity index (χ3n) is 4.35. The highest BCUT2D eigenvalue weighted by Crippen LogP contribution is 2.35. The Kier molecular flexibility index (Phi) is 5.72. The zero-order valence-corrected chi connectivity index (χ0v) is 16.2. The highest BCUT2D eigenvalue weighted by molar-refractivity contribution is 5.74. The Balaban J connectivity index is 1.68. The molecule has 1 fully saturated rings. The molecule has 0 atom stereocenters. The quantitative estimate of drug-likeness (QED) is 0.711. The maximum atomic E-state index is 14.4. The lowest BCUT2D eigenvalue weighted by Crippen LogP contribution is -2.44. The topological polar surface area (TPSA) is 69.0 Å². The lowest BCUT2D eigenvalue weighted by Gasteiger charge is -2.33. The van der Waals surface area contributed by atoms with Crippen LogP contribution in [-0.2, 0) is 4.74 Å². The molecule has 1 aromatic heterocycles. The van der Waals surface area contributed by atoms with E-state index in [0.29, 0.717) is 38.0 Å². The second-order valence-electron chi connectivity index (χ2n) is 7.72. The standard InChI is InChI=1S/C21H24FNO5/c1-21(2,3)28-20(25)23-11-9-14(10-12-23)26-17-6-4-5-16(22)19(17)18-8-7-15(13-24)27-18/h4-8,13-14H,9-12H2,1-3H3. The van der Waals surface area contributed by atoms with Crippen LogP contribution in [0.5, 0.6) is 5.75 Å². The highest BCUT2D eigenvalue weighted by atomic mass is 19.1. The van der Waals surface area contributed by atoms with E-state index in [9.17, 15) is 14.0 Å². The van der Waals surface area contributed by atoms with Crippen molar-refractivity contribution in [3.05, 3.63) is 41.9 Å². The van der Waals surface area contributed by atoms with Gasteiger partial charge in [-0.05, 0) is 45.0 Å². The third kappa shape index (κ3) is 4.71. The van der Waals surface area contributed by atoms with Gasteiger partial charge in [0.2, 0.25) is 0 Å². The predicted octanol–water partition coefficient (Wildman–Crippen LogP) is 4.68. The number of halogens is 1. The number of likely N-dealkylation sites (tertiary alicyclic amines) is 1. The molecule has 1 amide bonds. The number of hydrogen-bond donors (Lipinski definition) is 0. The van der Waals surface area contributed by atoms with Gasteiger partial charge in [0, 0.05) is 25.9 Å². The van der Waals surface area contributed by atoms with Crippen molar-refractivity contribution in [3.8, 4) is 17.1 Å². The summed E-state index contributed by atoms with van der Waals surface area (Å²) >= 11 is 0. The van der Waals surface area contributed by atoms with Crippen molar-refractivity contribution in [2.24, 2.45) is 0 Å². The molecule has 1 saturated heterocycles. The monoisotopic (exact) mass is 389 g/mol. The van der Waals surface area contributed by atoms with Crippen LogP contribution >= 0.6 is 0 Å². The van der Waals surface area contributed by atoms with Gasteiger partial charge in [-0.2, -0.15) is 0 Å². The first-order valence-electron chi connectivity index (χ1n) is 9.25. The minimum atomic E-state index is -0.537. The molecule has 0 saturated carbocycles. The van der Waals surface area contributed by atoms with Crippen molar-refractivity contribution in [2.75, 3.05) is 13.1 Å². The number of carbonyl (C=O) groups excluding carboxylic acids is 2. The summed E-state index contributed by atoms with van der Waals surface area (Å²) in [6.45, 7) is 6.49. The third-order valence-corrected chi connectivity index (χ3v) is 4.35. The fourth-order valence-electron chi connectivity index (χ4n) is 3.05. The molecule has 2 aromatic rings. The maximum absolute atomic E-state index is 14.4. The molecule has 0 bridgehead atoms. The molecule has 150 valence electrons. The van der Waals surface area contributed by atoms with E-state index in [1.807, 2.05) is 20.8 Å². The molecule has 0 unspecified atom stereocenters. The van der Waals surface area contributed by atoms with E-state index in [2.05, 4.69) is 0 Å². The van der Waals surface area contributed by atoms with Gasteiger partial charge in [-0.1, -0.05) is 6.07 Å². The van der Waals surface area contributed by atoms with E-state index in [-0.39, 0.29) is 29.3 Å². The van der Waals surface area contributed by atoms with Crippen molar-refractivity contribution in [3.63, 3.8) is 0 Å². The van der Waals surface area contributed by atoms with Crippen molar-refractivity contribution >= 4 is 12.4 Å². The lowest BCUT2D eigenvalue weighted by molar-refractivity contribution is 0.0127. The molecular weight excluding hydrogens is 365 g/mol. The average molecular weight is 389 g/mol. The predicted molar refractivity (Wildman–Crippen MR) is 101 cm³/mol. The molecule has 1 aliphatic rings. The van der Waals surface area contributed by atoms with Gasteiger partial charge in [-0.25, -0.2) is 9.18 Å². The van der Waals surface area contributed by atoms with Crippen LogP contribution in [0.15, 0.2) is 34.7 Å². The van der Waals surface area contributed by atoms with Crippen LogP contribution in [0.1, 0.15) is 44.2 Å². The van der Waals surface area contributed by atoms with Gasteiger partial charge in [0.1, 0.15) is 29.0 Å². The number of carbonyl (C=O) groups is 2. The SMILES string of the molecule is CC(C)(C)OC(=O)N1CCC(Oc2cccc(F)c2-c2ccc(C=O)o2)CC1. The van der Waals surface area contributed by atoms with Crippen LogP contribution in [0.3, 0.4) is 0 Å². The van der Waals surface area contributed by atoms with Gasteiger partial charge in [0.15, 0.2) is 12.0 Å². The zero-order valence-electron chi connectivity index (χ0n) is 16.2. The largest absolute Gasteiger partial charge is 0.489 e. The van der Waals surface area contributed by atoms with Crippen molar-refractivity contribution in [1.82, 2.24) is 4.90 Å². The molecular formula is C21H24FNO5. The first-order chi connectivity index (χ1) is 13.3. The smallest absolute Gasteiger partial charge is 0.410 e. The van der Waals surface area contributed by atoms with Gasteiger partial charge < -0.3 is 18.8 Å². The molecule has 1 aliphatic heterocycles. The van der Waals surface area contributed by atoms with Crippen molar-refractivity contribution < 1.29 is 27.9 Å². The molecule has 7 heteroatoms. The Bertz CT molecular complexity index is 847. The summed E-state index contributed by atoms with van der Waals surface area (Å²) in [6.07, 6.45) is 1.27. The Labute approximate surface area is 163 Å². The van der Waals surface area contributed by atoms with Crippen LogP contribution in [0.2, 0.25) is 0 Å². The number of nitrogens with zero attached hydrogens (tertiary/aromatic N) is 1. The number of aldehydes is 1. The molecule has 0 radical (unpaired) electrons. The van der Waals surface area contributed by atoms with Crippen LogP contribution in [0.4, 0.5) is 9.18 Å². The number of ether oxygens (including phenoxy) is 2. The minimum Gasteiger partial charge on any atom is -0.489 e. The van der Waals surface area contributed by atoms with Gasteiger partial charge in [-0.15, -0.1) is 0 Å². The lowest BCUT2D eigenvalue weighted by atomic mass is 10.1. The van der Waals surface area contributed by atoms with E-state index in [4.69, 9.17) is 13.9 Å². The number of benzene rings is 1. The summed E-state index contributed by atoms with van der Waals surface area (Å²) < 4.78 is 31.2. The van der Waals surface area contributed by atoms with Gasteiger partial charge >= 0.3 is 6.09 Å². The number of amides is 1. The number of furan rings is 1. The summed E-state index contributed by atoms with van der Waals surface area (Å²) in [5, 5.41) is 0. The fraction of sp³-hybridized carbons (Fsp3) is 0.429. The molecule has 3 rings (SSSR count). The second-order valence-corrected chi connectivity index (χ2v) is 7.72. The molecule has 0 aliphatic carbocycles. The van der Waals surface area contributed by atoms with E-state index >= 15 is 0 Å². The summed E-state index contributed by atoms with van der Waals surface area (Å²) in [5.41, 5.74) is -0.352. The van der Waals surface area contributed by atoms with Crippen LogP contribution in [-0.4, -0.2) is 42.1 Å². The average Bonchev–Trinajstić information content (AvgIpc) is 3.09. The van der Waals surface area contributed by atoms with Crippen LogP contribution in [0, 0.1) is 5.82 Å². The Morgan fingerprint density at radius 2 is 1.93 bits per heavy atom. The fourth-order valence-corrected chi connectivity index (χ4v) is 3.05. The first-order valence-corrected chi connectivity index (χ1v) is 9.25. The Hall–Kier alpha value is -2.83. The van der Waals surface area contributed by atoms with Gasteiger partial charge in [0.25, 0.3) is 0 Å². The van der Waals surface area contributed by atoms with Crippen LogP contribution < -0.4 is 4.74 Å². The Morgan fingerprint density at radius 3 is 2.54 bits per heavy atom. The summed E-state index contributed by atoms with van der Waals surface area (Å²) in [5.74, 6) is 0.217. The summed E-state index contributed by atoms with van der Waals surface area (Å²) in [7, 11) is 0. The van der Waals surface area contributed by atoms with Crippen LogP contribution in [0.25, 0.3) is 11.3 Å². The number of piperidine rings is 1. The molecule has 6 nitrogen and oxygen atoms in total. The maximum Gasteiger partial charge on any atom is 0.410 e. The number of hydrogen-bond acceptors (Lipinski definition) is 5. The Morgan fingerprint density at radius 1 is 1.21 bits per heavy atom.